The summed E-state index contributed by atoms with van der Waals surface area (Å²) in [6.45, 7) is 1.82. The lowest BCUT2D eigenvalue weighted by Gasteiger charge is -2.25. The minimum Gasteiger partial charge on any atom is -0.428 e. The zero-order valence-electron chi connectivity index (χ0n) is 8.15. The molecule has 1 aromatic rings. The highest BCUT2D eigenvalue weighted by atomic mass is 35.7. The van der Waals surface area contributed by atoms with E-state index in [9.17, 15) is 8.42 Å². The lowest BCUT2D eigenvalue weighted by Crippen LogP contribution is -2.28. The van der Waals surface area contributed by atoms with Crippen molar-refractivity contribution in [3.8, 4) is 0 Å². The highest BCUT2D eigenvalue weighted by Crippen LogP contribution is 2.26. The Labute approximate surface area is 93.2 Å². The molecule has 0 saturated carbocycles. The summed E-state index contributed by atoms with van der Waals surface area (Å²) in [5, 5.41) is -0.176. The van der Waals surface area contributed by atoms with Crippen molar-refractivity contribution < 1.29 is 12.8 Å². The Kier molecular flexibility index (Phi) is 2.93. The zero-order chi connectivity index (χ0) is 10.9. The molecule has 0 bridgehead atoms. The van der Waals surface area contributed by atoms with Crippen LogP contribution in [0.5, 0.6) is 0 Å². The number of piperidine rings is 1. The molecule has 2 heterocycles. The van der Waals surface area contributed by atoms with Crippen LogP contribution >= 0.6 is 10.7 Å². The predicted octanol–water partition coefficient (Wildman–Crippen LogP) is 2.20. The van der Waals surface area contributed by atoms with Crippen molar-refractivity contribution in [2.24, 2.45) is 0 Å². The highest BCUT2D eigenvalue weighted by Gasteiger charge is 2.19. The van der Waals surface area contributed by atoms with E-state index in [0.717, 1.165) is 25.9 Å². The summed E-state index contributed by atoms with van der Waals surface area (Å²) in [6, 6.07) is 3.05. The summed E-state index contributed by atoms with van der Waals surface area (Å²) in [5.41, 5.74) is 0. The number of hydrogen-bond donors (Lipinski definition) is 0. The normalized spacial score (nSPS) is 18.1. The quantitative estimate of drug-likeness (QED) is 0.754. The Bertz CT molecular complexity index is 434. The maximum absolute atomic E-state index is 11.0. The van der Waals surface area contributed by atoms with Gasteiger partial charge in [0.05, 0.1) is 0 Å². The molecule has 1 aliphatic rings. The van der Waals surface area contributed by atoms with Crippen LogP contribution in [0.15, 0.2) is 21.6 Å². The Morgan fingerprint density at radius 2 is 1.87 bits per heavy atom. The third-order valence-corrected chi connectivity index (χ3v) is 3.63. The topological polar surface area (TPSA) is 50.5 Å². The number of anilines is 1. The van der Waals surface area contributed by atoms with E-state index in [2.05, 4.69) is 0 Å². The van der Waals surface area contributed by atoms with Gasteiger partial charge in [-0.05, 0) is 25.3 Å². The Balaban J connectivity index is 2.19. The van der Waals surface area contributed by atoms with Crippen molar-refractivity contribution in [1.82, 2.24) is 0 Å². The van der Waals surface area contributed by atoms with E-state index in [1.165, 1.54) is 12.5 Å². The van der Waals surface area contributed by atoms with Crippen molar-refractivity contribution in [3.05, 3.63) is 12.1 Å². The molecule has 1 aromatic heterocycles. The van der Waals surface area contributed by atoms with Crippen LogP contribution in [0.25, 0.3) is 0 Å². The summed E-state index contributed by atoms with van der Waals surface area (Å²) in [7, 11) is 1.43. The second-order valence-electron chi connectivity index (χ2n) is 3.58. The van der Waals surface area contributed by atoms with Crippen LogP contribution in [0.4, 0.5) is 5.88 Å². The second kappa shape index (κ2) is 4.06. The van der Waals surface area contributed by atoms with Gasteiger partial charge in [-0.2, -0.15) is 0 Å². The average molecular weight is 250 g/mol. The first-order chi connectivity index (χ1) is 7.07. The lowest BCUT2D eigenvalue weighted by molar-refractivity contribution is 0.434. The number of furan rings is 1. The van der Waals surface area contributed by atoms with E-state index in [-0.39, 0.29) is 5.09 Å². The molecule has 1 aliphatic heterocycles. The molecule has 1 fully saturated rings. The molecule has 15 heavy (non-hydrogen) atoms. The van der Waals surface area contributed by atoms with Crippen LogP contribution in [0.2, 0.25) is 0 Å². The fourth-order valence-electron chi connectivity index (χ4n) is 1.73. The standard InChI is InChI=1S/C9H12ClNO3S/c10-15(12,13)9-5-4-8(14-9)11-6-2-1-3-7-11/h4-5H,1-3,6-7H2. The summed E-state index contributed by atoms with van der Waals surface area (Å²) < 4.78 is 27.2. The highest BCUT2D eigenvalue weighted by molar-refractivity contribution is 8.13. The van der Waals surface area contributed by atoms with Crippen LogP contribution < -0.4 is 4.90 Å². The first-order valence-electron chi connectivity index (χ1n) is 4.87. The minimum absolute atomic E-state index is 0.176. The van der Waals surface area contributed by atoms with E-state index in [0.29, 0.717) is 5.88 Å². The zero-order valence-corrected chi connectivity index (χ0v) is 9.72. The van der Waals surface area contributed by atoms with Gasteiger partial charge in [-0.1, -0.05) is 0 Å². The largest absolute Gasteiger partial charge is 0.428 e. The van der Waals surface area contributed by atoms with Crippen LogP contribution in [0, 0.1) is 0 Å². The number of rotatable bonds is 2. The van der Waals surface area contributed by atoms with Gasteiger partial charge in [-0.15, -0.1) is 0 Å². The minimum atomic E-state index is -3.74. The molecule has 0 aromatic carbocycles. The number of nitrogens with zero attached hydrogens (tertiary/aromatic N) is 1. The summed E-state index contributed by atoms with van der Waals surface area (Å²) in [5.74, 6) is 0.592. The molecule has 0 atom stereocenters. The third kappa shape index (κ3) is 2.46. The van der Waals surface area contributed by atoms with Gasteiger partial charge in [0.25, 0.3) is 9.05 Å². The molecular formula is C9H12ClNO3S. The fraction of sp³-hybridized carbons (Fsp3) is 0.556. The molecule has 0 amide bonds. The maximum atomic E-state index is 11.0. The number of halogens is 1. The van der Waals surface area contributed by atoms with Gasteiger partial charge >= 0.3 is 0 Å². The molecular weight excluding hydrogens is 238 g/mol. The van der Waals surface area contributed by atoms with Crippen molar-refractivity contribution >= 4 is 25.6 Å². The van der Waals surface area contributed by atoms with Crippen molar-refractivity contribution in [3.63, 3.8) is 0 Å². The first kappa shape index (κ1) is 10.8. The molecule has 0 radical (unpaired) electrons. The SMILES string of the molecule is O=S(=O)(Cl)c1ccc(N2CCCCC2)o1. The Hall–Kier alpha value is -0.680. The maximum Gasteiger partial charge on any atom is 0.294 e. The van der Waals surface area contributed by atoms with Gasteiger partial charge < -0.3 is 9.32 Å². The monoisotopic (exact) mass is 249 g/mol. The van der Waals surface area contributed by atoms with Gasteiger partial charge in [0.1, 0.15) is 0 Å². The van der Waals surface area contributed by atoms with E-state index in [4.69, 9.17) is 15.1 Å². The van der Waals surface area contributed by atoms with Gasteiger partial charge in [0.2, 0.25) is 5.09 Å². The molecule has 84 valence electrons. The van der Waals surface area contributed by atoms with E-state index in [1.54, 1.807) is 6.07 Å². The van der Waals surface area contributed by atoms with Crippen molar-refractivity contribution in [2.75, 3.05) is 18.0 Å². The molecule has 0 aliphatic carbocycles. The summed E-state index contributed by atoms with van der Waals surface area (Å²) >= 11 is 0. The molecule has 1 saturated heterocycles. The van der Waals surface area contributed by atoms with E-state index < -0.39 is 9.05 Å². The van der Waals surface area contributed by atoms with Crippen molar-refractivity contribution in [2.45, 2.75) is 24.4 Å². The molecule has 0 unspecified atom stereocenters. The summed E-state index contributed by atoms with van der Waals surface area (Å²) in [4.78, 5) is 2.04. The smallest absolute Gasteiger partial charge is 0.294 e. The second-order valence-corrected chi connectivity index (χ2v) is 6.08. The van der Waals surface area contributed by atoms with Gasteiger partial charge in [0, 0.05) is 29.8 Å². The van der Waals surface area contributed by atoms with Gasteiger partial charge in [0.15, 0.2) is 5.88 Å². The Morgan fingerprint density at radius 3 is 2.40 bits per heavy atom. The van der Waals surface area contributed by atoms with Crippen LogP contribution in [0.3, 0.4) is 0 Å². The first-order valence-corrected chi connectivity index (χ1v) is 7.18. The fourth-order valence-corrected chi connectivity index (χ4v) is 2.39. The van der Waals surface area contributed by atoms with Crippen LogP contribution in [0.1, 0.15) is 19.3 Å². The predicted molar refractivity (Wildman–Crippen MR) is 57.8 cm³/mol. The average Bonchev–Trinajstić information content (AvgIpc) is 2.67. The molecule has 2 rings (SSSR count). The van der Waals surface area contributed by atoms with Crippen LogP contribution in [-0.2, 0) is 9.05 Å². The molecule has 6 heteroatoms. The van der Waals surface area contributed by atoms with E-state index in [1.807, 2.05) is 4.90 Å². The molecule has 0 N–H and O–H groups in total. The van der Waals surface area contributed by atoms with Gasteiger partial charge in [-0.3, -0.25) is 0 Å². The molecule has 4 nitrogen and oxygen atoms in total. The number of hydrogen-bond acceptors (Lipinski definition) is 4. The summed E-state index contributed by atoms with van der Waals surface area (Å²) in [6.07, 6.45) is 3.45. The molecule has 0 spiro atoms. The third-order valence-electron chi connectivity index (χ3n) is 2.48. The lowest BCUT2D eigenvalue weighted by atomic mass is 10.1. The van der Waals surface area contributed by atoms with Crippen LogP contribution in [-0.4, -0.2) is 21.5 Å². The van der Waals surface area contributed by atoms with Gasteiger partial charge in [-0.25, -0.2) is 8.42 Å². The Morgan fingerprint density at radius 1 is 1.20 bits per heavy atom. The van der Waals surface area contributed by atoms with E-state index >= 15 is 0 Å². The van der Waals surface area contributed by atoms with Crippen molar-refractivity contribution in [1.29, 1.82) is 0 Å².